The maximum absolute atomic E-state index is 13.3. The molecule has 0 spiro atoms. The van der Waals surface area contributed by atoms with Crippen LogP contribution >= 0.6 is 0 Å². The van der Waals surface area contributed by atoms with Gasteiger partial charge in [0.15, 0.2) is 0 Å². The quantitative estimate of drug-likeness (QED) is 0.718. The van der Waals surface area contributed by atoms with Crippen molar-refractivity contribution in [1.82, 2.24) is 9.55 Å². The van der Waals surface area contributed by atoms with Crippen molar-refractivity contribution in [1.29, 1.82) is 0 Å². The molecule has 0 aliphatic heterocycles. The van der Waals surface area contributed by atoms with Gasteiger partial charge < -0.3 is 4.57 Å². The van der Waals surface area contributed by atoms with E-state index in [1.54, 1.807) is 18.6 Å². The number of nitrogens with zero attached hydrogens (tertiary/aromatic N) is 2. The summed E-state index contributed by atoms with van der Waals surface area (Å²) in [5.74, 6) is -0.225. The summed E-state index contributed by atoms with van der Waals surface area (Å²) in [6.45, 7) is 6.34. The number of hydrogen-bond donors (Lipinski definition) is 0. The summed E-state index contributed by atoms with van der Waals surface area (Å²) in [6, 6.07) is 4.88. The molecule has 2 nitrogen and oxygen atoms in total. The first-order chi connectivity index (χ1) is 7.48. The third-order valence-electron chi connectivity index (χ3n) is 2.55. The number of hydrogen-bond acceptors (Lipinski definition) is 1. The second-order valence-electron chi connectivity index (χ2n) is 4.88. The van der Waals surface area contributed by atoms with Crippen molar-refractivity contribution in [2.75, 3.05) is 0 Å². The van der Waals surface area contributed by atoms with Crippen molar-refractivity contribution in [2.45, 2.75) is 26.2 Å². The number of aromatic nitrogens is 2. The van der Waals surface area contributed by atoms with Gasteiger partial charge in [0.25, 0.3) is 0 Å². The number of imidazole rings is 1. The van der Waals surface area contributed by atoms with Crippen LogP contribution in [0.15, 0.2) is 36.9 Å². The Labute approximate surface area is 94.8 Å². The smallest absolute Gasteiger partial charge is 0.125 e. The lowest BCUT2D eigenvalue weighted by atomic mass is 9.85. The van der Waals surface area contributed by atoms with E-state index in [9.17, 15) is 4.39 Å². The van der Waals surface area contributed by atoms with Crippen molar-refractivity contribution < 1.29 is 4.39 Å². The molecule has 1 aromatic carbocycles. The molecule has 2 aromatic rings. The Morgan fingerprint density at radius 1 is 1.25 bits per heavy atom. The predicted molar refractivity (Wildman–Crippen MR) is 62.2 cm³/mol. The molecular formula is C13H15FN2. The zero-order valence-electron chi connectivity index (χ0n) is 9.74. The second kappa shape index (κ2) is 3.74. The topological polar surface area (TPSA) is 17.8 Å². The van der Waals surface area contributed by atoms with Crippen LogP contribution in [0.1, 0.15) is 26.3 Å². The highest BCUT2D eigenvalue weighted by atomic mass is 19.1. The largest absolute Gasteiger partial charge is 0.306 e. The molecule has 0 fully saturated rings. The van der Waals surface area contributed by atoms with Crippen molar-refractivity contribution in [3.05, 3.63) is 48.3 Å². The minimum absolute atomic E-state index is 0.0205. The zero-order chi connectivity index (χ0) is 11.8. The molecule has 1 heterocycles. The van der Waals surface area contributed by atoms with Crippen LogP contribution in [0.4, 0.5) is 4.39 Å². The normalized spacial score (nSPS) is 11.8. The Morgan fingerprint density at radius 2 is 2.00 bits per heavy atom. The van der Waals surface area contributed by atoms with Gasteiger partial charge in [-0.25, -0.2) is 9.37 Å². The predicted octanol–water partition coefficient (Wildman–Crippen LogP) is 3.31. The molecule has 1 aromatic heterocycles. The molecule has 0 saturated carbocycles. The first-order valence-corrected chi connectivity index (χ1v) is 5.27. The van der Waals surface area contributed by atoms with Gasteiger partial charge in [-0.3, -0.25) is 0 Å². The molecule has 0 aliphatic rings. The van der Waals surface area contributed by atoms with E-state index in [4.69, 9.17) is 0 Å². The van der Waals surface area contributed by atoms with Gasteiger partial charge in [0.1, 0.15) is 5.82 Å². The Morgan fingerprint density at radius 3 is 2.56 bits per heavy atom. The molecule has 0 aliphatic carbocycles. The van der Waals surface area contributed by atoms with Gasteiger partial charge in [0.05, 0.1) is 12.0 Å². The summed E-state index contributed by atoms with van der Waals surface area (Å²) < 4.78 is 15.1. The van der Waals surface area contributed by atoms with E-state index in [-0.39, 0.29) is 11.2 Å². The number of benzene rings is 1. The fourth-order valence-electron chi connectivity index (χ4n) is 1.75. The third kappa shape index (κ3) is 1.98. The Kier molecular flexibility index (Phi) is 2.54. The van der Waals surface area contributed by atoms with E-state index in [0.717, 1.165) is 11.3 Å². The summed E-state index contributed by atoms with van der Waals surface area (Å²) in [6.07, 6.45) is 5.20. The zero-order valence-corrected chi connectivity index (χ0v) is 9.74. The maximum Gasteiger partial charge on any atom is 0.125 e. The Bertz CT molecular complexity index is 481. The third-order valence-corrected chi connectivity index (χ3v) is 2.55. The first kappa shape index (κ1) is 10.9. The molecule has 0 radical (unpaired) electrons. The van der Waals surface area contributed by atoms with Crippen LogP contribution in [-0.2, 0) is 5.41 Å². The lowest BCUT2D eigenvalue weighted by Crippen LogP contribution is -2.15. The molecule has 0 atom stereocenters. The van der Waals surface area contributed by atoms with Gasteiger partial charge in [-0.1, -0.05) is 26.8 Å². The summed E-state index contributed by atoms with van der Waals surface area (Å²) in [5, 5.41) is 0. The van der Waals surface area contributed by atoms with E-state index >= 15 is 0 Å². The average Bonchev–Trinajstić information content (AvgIpc) is 2.68. The van der Waals surface area contributed by atoms with Crippen LogP contribution < -0.4 is 0 Å². The van der Waals surface area contributed by atoms with Gasteiger partial charge >= 0.3 is 0 Å². The van der Waals surface area contributed by atoms with Crippen LogP contribution in [-0.4, -0.2) is 9.55 Å². The lowest BCUT2D eigenvalue weighted by Gasteiger charge is -2.23. The van der Waals surface area contributed by atoms with Gasteiger partial charge in [-0.05, 0) is 23.1 Å². The van der Waals surface area contributed by atoms with E-state index < -0.39 is 0 Å². The van der Waals surface area contributed by atoms with Crippen LogP contribution in [0.3, 0.4) is 0 Å². The van der Waals surface area contributed by atoms with Crippen LogP contribution in [0.5, 0.6) is 0 Å². The standard InChI is InChI=1S/C13H15FN2/c1-13(2,3)11-5-4-10(14)8-12(11)16-7-6-15-9-16/h4-9H,1-3H3. The van der Waals surface area contributed by atoms with Crippen LogP contribution in [0, 0.1) is 5.82 Å². The lowest BCUT2D eigenvalue weighted by molar-refractivity contribution is 0.578. The molecule has 3 heteroatoms. The number of rotatable bonds is 1. The summed E-state index contributed by atoms with van der Waals surface area (Å²) >= 11 is 0. The summed E-state index contributed by atoms with van der Waals surface area (Å²) in [4.78, 5) is 3.99. The molecule has 0 amide bonds. The van der Waals surface area contributed by atoms with Crippen molar-refractivity contribution >= 4 is 0 Å². The molecular weight excluding hydrogens is 203 g/mol. The van der Waals surface area contributed by atoms with Crippen molar-refractivity contribution in [3.8, 4) is 5.69 Å². The fraction of sp³-hybridized carbons (Fsp3) is 0.308. The van der Waals surface area contributed by atoms with Gasteiger partial charge in [0, 0.05) is 12.4 Å². The molecule has 16 heavy (non-hydrogen) atoms. The van der Waals surface area contributed by atoms with Gasteiger partial charge in [-0.2, -0.15) is 0 Å². The molecule has 0 saturated heterocycles. The van der Waals surface area contributed by atoms with E-state index in [1.165, 1.54) is 6.07 Å². The van der Waals surface area contributed by atoms with E-state index in [1.807, 2.05) is 16.8 Å². The molecule has 0 bridgehead atoms. The number of halogens is 1. The summed E-state index contributed by atoms with van der Waals surface area (Å²) in [5.41, 5.74) is 1.93. The monoisotopic (exact) mass is 218 g/mol. The summed E-state index contributed by atoms with van der Waals surface area (Å²) in [7, 11) is 0. The highest BCUT2D eigenvalue weighted by Gasteiger charge is 2.19. The minimum Gasteiger partial charge on any atom is -0.306 e. The van der Waals surface area contributed by atoms with Crippen molar-refractivity contribution in [3.63, 3.8) is 0 Å². The highest BCUT2D eigenvalue weighted by molar-refractivity contribution is 5.45. The average molecular weight is 218 g/mol. The van der Waals surface area contributed by atoms with Gasteiger partial charge in [0.2, 0.25) is 0 Å². The van der Waals surface area contributed by atoms with Gasteiger partial charge in [-0.15, -0.1) is 0 Å². The minimum atomic E-state index is -0.225. The highest BCUT2D eigenvalue weighted by Crippen LogP contribution is 2.28. The molecule has 0 unspecified atom stereocenters. The first-order valence-electron chi connectivity index (χ1n) is 5.27. The fourth-order valence-corrected chi connectivity index (χ4v) is 1.75. The van der Waals surface area contributed by atoms with E-state index in [2.05, 4.69) is 25.8 Å². The van der Waals surface area contributed by atoms with E-state index in [0.29, 0.717) is 0 Å². The van der Waals surface area contributed by atoms with Crippen molar-refractivity contribution in [2.24, 2.45) is 0 Å². The SMILES string of the molecule is CC(C)(C)c1ccc(F)cc1-n1ccnc1. The van der Waals surface area contributed by atoms with Crippen LogP contribution in [0.2, 0.25) is 0 Å². The second-order valence-corrected chi connectivity index (χ2v) is 4.88. The Balaban J connectivity index is 2.63. The maximum atomic E-state index is 13.3. The Hall–Kier alpha value is -1.64. The molecule has 84 valence electrons. The van der Waals surface area contributed by atoms with Crippen LogP contribution in [0.25, 0.3) is 5.69 Å². The molecule has 2 rings (SSSR count). The molecule has 0 N–H and O–H groups in total.